The van der Waals surface area contributed by atoms with E-state index in [2.05, 4.69) is 10.0 Å². The highest BCUT2D eigenvalue weighted by molar-refractivity contribution is 5.92. The highest BCUT2D eigenvalue weighted by Gasteiger charge is 2.08. The molecule has 0 aliphatic heterocycles. The molecule has 1 aromatic rings. The zero-order valence-corrected chi connectivity index (χ0v) is 10.1. The van der Waals surface area contributed by atoms with E-state index in [-0.39, 0.29) is 13.2 Å². The fourth-order valence-electron chi connectivity index (χ4n) is 1.25. The van der Waals surface area contributed by atoms with E-state index in [1.54, 1.807) is 24.3 Å². The van der Waals surface area contributed by atoms with Gasteiger partial charge >= 0.3 is 5.97 Å². The highest BCUT2D eigenvalue weighted by atomic mass is 16.5. The first kappa shape index (κ1) is 13.7. The van der Waals surface area contributed by atoms with Crippen LogP contribution in [-0.4, -0.2) is 18.3 Å². The van der Waals surface area contributed by atoms with Crippen LogP contribution in [0.4, 0.5) is 0 Å². The molecule has 0 fully saturated rings. The van der Waals surface area contributed by atoms with Crippen LogP contribution in [0.3, 0.4) is 0 Å². The molecule has 0 saturated heterocycles. The molecule has 1 aromatic carbocycles. The van der Waals surface area contributed by atoms with Gasteiger partial charge in [0, 0.05) is 10.6 Å². The first-order chi connectivity index (χ1) is 8.67. The molecule has 6 nitrogen and oxygen atoms in total. The zero-order chi connectivity index (χ0) is 13.4. The highest BCUT2D eigenvalue weighted by Crippen LogP contribution is 2.08. The van der Waals surface area contributed by atoms with Crippen LogP contribution in [0.2, 0.25) is 0 Å². The molecule has 0 amide bonds. The SMILES string of the molecule is CCC(=N)COC(=O)c1cccc(CN=[N+]=[N-])c1. The van der Waals surface area contributed by atoms with Crippen molar-refractivity contribution < 1.29 is 9.53 Å². The lowest BCUT2D eigenvalue weighted by molar-refractivity contribution is 0.0561. The molecule has 0 atom stereocenters. The summed E-state index contributed by atoms with van der Waals surface area (Å²) in [5.41, 5.74) is 9.73. The van der Waals surface area contributed by atoms with E-state index in [0.29, 0.717) is 17.7 Å². The largest absolute Gasteiger partial charge is 0.456 e. The number of nitrogens with one attached hydrogen (secondary N) is 1. The van der Waals surface area contributed by atoms with Gasteiger partial charge in [-0.25, -0.2) is 4.79 Å². The number of rotatable bonds is 6. The third-order valence-corrected chi connectivity index (χ3v) is 2.28. The second kappa shape index (κ2) is 7.09. The summed E-state index contributed by atoms with van der Waals surface area (Å²) in [5.74, 6) is -0.476. The number of ether oxygens (including phenoxy) is 1. The number of hydrogen-bond donors (Lipinski definition) is 1. The minimum Gasteiger partial charge on any atom is -0.456 e. The number of azide groups is 1. The maximum absolute atomic E-state index is 11.7. The van der Waals surface area contributed by atoms with Crippen LogP contribution in [0.15, 0.2) is 29.4 Å². The lowest BCUT2D eigenvalue weighted by atomic mass is 10.1. The molecule has 0 saturated carbocycles. The predicted octanol–water partition coefficient (Wildman–Crippen LogP) is 3.08. The lowest BCUT2D eigenvalue weighted by Gasteiger charge is -2.05. The van der Waals surface area contributed by atoms with Crippen molar-refractivity contribution in [2.75, 3.05) is 6.61 Å². The van der Waals surface area contributed by atoms with Crippen LogP contribution in [0.1, 0.15) is 29.3 Å². The molecule has 0 bridgehead atoms. The molecule has 0 spiro atoms. The fourth-order valence-corrected chi connectivity index (χ4v) is 1.25. The van der Waals surface area contributed by atoms with E-state index in [0.717, 1.165) is 5.56 Å². The number of benzene rings is 1. The Hall–Kier alpha value is -2.33. The maximum Gasteiger partial charge on any atom is 0.338 e. The molecule has 18 heavy (non-hydrogen) atoms. The average Bonchev–Trinajstić information content (AvgIpc) is 2.42. The Kier molecular flexibility index (Phi) is 5.41. The number of esters is 1. The van der Waals surface area contributed by atoms with Gasteiger partial charge in [-0.3, -0.25) is 0 Å². The molecule has 1 rings (SSSR count). The summed E-state index contributed by atoms with van der Waals surface area (Å²) < 4.78 is 4.97. The van der Waals surface area contributed by atoms with Gasteiger partial charge in [-0.15, -0.1) is 0 Å². The molecule has 0 aliphatic rings. The summed E-state index contributed by atoms with van der Waals surface area (Å²) in [5, 5.41) is 10.8. The van der Waals surface area contributed by atoms with Crippen molar-refractivity contribution in [1.82, 2.24) is 0 Å². The van der Waals surface area contributed by atoms with Gasteiger partial charge in [-0.1, -0.05) is 24.2 Å². The Bertz CT molecular complexity index is 493. The molecule has 6 heteroatoms. The number of nitrogens with zero attached hydrogens (tertiary/aromatic N) is 3. The fraction of sp³-hybridized carbons (Fsp3) is 0.333. The topological polar surface area (TPSA) is 98.9 Å². The molecule has 0 heterocycles. The number of carbonyl (C=O) groups excluding carboxylic acids is 1. The maximum atomic E-state index is 11.7. The van der Waals surface area contributed by atoms with E-state index in [4.69, 9.17) is 15.7 Å². The normalized spacial score (nSPS) is 9.39. The lowest BCUT2D eigenvalue weighted by Crippen LogP contribution is -2.12. The third kappa shape index (κ3) is 4.27. The summed E-state index contributed by atoms with van der Waals surface area (Å²) in [4.78, 5) is 14.3. The Morgan fingerprint density at radius 3 is 3.00 bits per heavy atom. The number of hydrogen-bond acceptors (Lipinski definition) is 4. The summed E-state index contributed by atoms with van der Waals surface area (Å²) in [6, 6.07) is 6.70. The van der Waals surface area contributed by atoms with Gasteiger partial charge in [-0.05, 0) is 29.6 Å². The van der Waals surface area contributed by atoms with E-state index in [9.17, 15) is 4.79 Å². The monoisotopic (exact) mass is 246 g/mol. The van der Waals surface area contributed by atoms with E-state index in [1.807, 2.05) is 6.92 Å². The van der Waals surface area contributed by atoms with E-state index in [1.165, 1.54) is 0 Å². The molecular weight excluding hydrogens is 232 g/mol. The Labute approximate surface area is 105 Å². The van der Waals surface area contributed by atoms with Crippen LogP contribution >= 0.6 is 0 Å². The van der Waals surface area contributed by atoms with Gasteiger partial charge in [0.05, 0.1) is 12.1 Å². The van der Waals surface area contributed by atoms with Crippen molar-refractivity contribution in [3.05, 3.63) is 45.8 Å². The van der Waals surface area contributed by atoms with Gasteiger partial charge in [0.25, 0.3) is 0 Å². The van der Waals surface area contributed by atoms with Crippen LogP contribution < -0.4 is 0 Å². The summed E-state index contributed by atoms with van der Waals surface area (Å²) in [6.07, 6.45) is 0.560. The van der Waals surface area contributed by atoms with Gasteiger partial charge in [0.2, 0.25) is 0 Å². The molecule has 0 aromatic heterocycles. The molecular formula is C12H14N4O2. The Morgan fingerprint density at radius 2 is 2.33 bits per heavy atom. The second-order valence-corrected chi connectivity index (χ2v) is 3.62. The van der Waals surface area contributed by atoms with Gasteiger partial charge in [-0.2, -0.15) is 0 Å². The van der Waals surface area contributed by atoms with Gasteiger partial charge in [0.1, 0.15) is 6.61 Å². The molecule has 94 valence electrons. The molecule has 0 unspecified atom stereocenters. The minimum absolute atomic E-state index is 0.00983. The van der Waals surface area contributed by atoms with E-state index < -0.39 is 5.97 Å². The zero-order valence-electron chi connectivity index (χ0n) is 10.1. The standard InChI is InChI=1S/C12H14N4O2/c1-2-11(13)8-18-12(17)10-5-3-4-9(6-10)7-15-16-14/h3-6,13H,2,7-8H2,1H3. The second-order valence-electron chi connectivity index (χ2n) is 3.62. The van der Waals surface area contributed by atoms with Gasteiger partial charge in [0.15, 0.2) is 0 Å². The first-order valence-electron chi connectivity index (χ1n) is 5.50. The van der Waals surface area contributed by atoms with E-state index >= 15 is 0 Å². The van der Waals surface area contributed by atoms with Crippen molar-refractivity contribution in [3.8, 4) is 0 Å². The first-order valence-corrected chi connectivity index (χ1v) is 5.50. The van der Waals surface area contributed by atoms with Gasteiger partial charge < -0.3 is 10.1 Å². The number of carbonyl (C=O) groups is 1. The van der Waals surface area contributed by atoms with Crippen molar-refractivity contribution in [2.45, 2.75) is 19.9 Å². The molecule has 0 radical (unpaired) electrons. The van der Waals surface area contributed by atoms with Crippen molar-refractivity contribution in [1.29, 1.82) is 5.41 Å². The van der Waals surface area contributed by atoms with Crippen molar-refractivity contribution in [2.24, 2.45) is 5.11 Å². The van der Waals surface area contributed by atoms with Crippen LogP contribution in [0.5, 0.6) is 0 Å². The Balaban J connectivity index is 2.67. The summed E-state index contributed by atoms with van der Waals surface area (Å²) >= 11 is 0. The summed E-state index contributed by atoms with van der Waals surface area (Å²) in [7, 11) is 0. The smallest absolute Gasteiger partial charge is 0.338 e. The predicted molar refractivity (Wildman–Crippen MR) is 67.6 cm³/mol. The minimum atomic E-state index is -0.476. The van der Waals surface area contributed by atoms with Crippen LogP contribution in [0, 0.1) is 5.41 Å². The van der Waals surface area contributed by atoms with Crippen molar-refractivity contribution in [3.63, 3.8) is 0 Å². The Morgan fingerprint density at radius 1 is 1.56 bits per heavy atom. The third-order valence-electron chi connectivity index (χ3n) is 2.28. The summed E-state index contributed by atoms with van der Waals surface area (Å²) in [6.45, 7) is 2.04. The quantitative estimate of drug-likeness (QED) is 0.274. The van der Waals surface area contributed by atoms with Crippen molar-refractivity contribution >= 4 is 11.7 Å². The average molecular weight is 246 g/mol. The van der Waals surface area contributed by atoms with Crippen LogP contribution in [-0.2, 0) is 11.3 Å². The molecule has 1 N–H and O–H groups in total. The molecule has 0 aliphatic carbocycles. The van der Waals surface area contributed by atoms with Crippen LogP contribution in [0.25, 0.3) is 10.4 Å².